The molecule has 26 heavy (non-hydrogen) atoms. The number of furan rings is 1. The van der Waals surface area contributed by atoms with Crippen LogP contribution in [-0.4, -0.2) is 13.1 Å². The number of halogens is 1. The van der Waals surface area contributed by atoms with Crippen molar-refractivity contribution < 1.29 is 13.9 Å². The average molecular weight is 370 g/mol. The van der Waals surface area contributed by atoms with Gasteiger partial charge in [-0.3, -0.25) is 0 Å². The lowest BCUT2D eigenvalue weighted by molar-refractivity contribution is -0.0678. The van der Waals surface area contributed by atoms with Crippen LogP contribution >= 0.6 is 11.6 Å². The number of fused-ring (bicyclic) bond motifs is 2. The molecule has 134 valence electrons. The van der Waals surface area contributed by atoms with Crippen LogP contribution in [0.5, 0.6) is 11.5 Å². The highest BCUT2D eigenvalue weighted by molar-refractivity contribution is 6.35. The number of piperidine rings is 1. The summed E-state index contributed by atoms with van der Waals surface area (Å²) in [6, 6.07) is 11.8. The van der Waals surface area contributed by atoms with Crippen LogP contribution < -0.4 is 14.8 Å². The standard InChI is InChI=1S/C21H20ClNO3/c1-21(16-5-6-17(22)15-9-12-24-19(15)16)25-18-4-2-3-14(20(18)26-21)13-7-10-23-11-8-13/h2-6,9,12-13,23H,7-8,10-11H2,1H3. The number of nitrogens with one attached hydrogen (secondary N) is 1. The van der Waals surface area contributed by atoms with Crippen LogP contribution in [0.15, 0.2) is 47.1 Å². The maximum absolute atomic E-state index is 6.44. The van der Waals surface area contributed by atoms with E-state index in [1.807, 2.05) is 31.2 Å². The predicted molar refractivity (Wildman–Crippen MR) is 101 cm³/mol. The summed E-state index contributed by atoms with van der Waals surface area (Å²) < 4.78 is 18.4. The van der Waals surface area contributed by atoms with Crippen molar-refractivity contribution in [1.29, 1.82) is 0 Å². The van der Waals surface area contributed by atoms with Gasteiger partial charge in [0.1, 0.15) is 5.58 Å². The normalized spacial score (nSPS) is 22.8. The molecule has 1 fully saturated rings. The fraction of sp³-hybridized carbons (Fsp3) is 0.333. The van der Waals surface area contributed by atoms with E-state index in [0.29, 0.717) is 16.5 Å². The van der Waals surface area contributed by atoms with Gasteiger partial charge in [-0.2, -0.15) is 0 Å². The maximum atomic E-state index is 6.44. The Balaban J connectivity index is 1.57. The molecular formula is C21H20ClNO3. The minimum atomic E-state index is -0.938. The first-order valence-electron chi connectivity index (χ1n) is 9.03. The molecule has 5 heteroatoms. The third-order valence-electron chi connectivity index (χ3n) is 5.44. The largest absolute Gasteiger partial charge is 0.464 e. The summed E-state index contributed by atoms with van der Waals surface area (Å²) in [6.45, 7) is 4.01. The monoisotopic (exact) mass is 369 g/mol. The van der Waals surface area contributed by atoms with Crippen LogP contribution in [0.1, 0.15) is 36.8 Å². The summed E-state index contributed by atoms with van der Waals surface area (Å²) in [4.78, 5) is 0. The van der Waals surface area contributed by atoms with E-state index >= 15 is 0 Å². The Bertz CT molecular complexity index is 977. The Labute approximate surface area is 157 Å². The molecule has 0 radical (unpaired) electrons. The Morgan fingerprint density at radius 3 is 2.77 bits per heavy atom. The third kappa shape index (κ3) is 2.40. The molecule has 2 aliphatic rings. The average Bonchev–Trinajstić information content (AvgIpc) is 3.27. The van der Waals surface area contributed by atoms with Crippen LogP contribution in [0.2, 0.25) is 5.02 Å². The number of rotatable bonds is 2. The molecule has 3 aromatic rings. The number of hydrogen-bond donors (Lipinski definition) is 1. The first kappa shape index (κ1) is 16.0. The van der Waals surface area contributed by atoms with Gasteiger partial charge in [0, 0.05) is 17.9 Å². The van der Waals surface area contributed by atoms with Crippen molar-refractivity contribution in [3.8, 4) is 11.5 Å². The zero-order valence-corrected chi connectivity index (χ0v) is 15.3. The van der Waals surface area contributed by atoms with E-state index in [2.05, 4.69) is 17.4 Å². The first-order valence-corrected chi connectivity index (χ1v) is 9.41. The Hall–Kier alpha value is -2.17. The van der Waals surface area contributed by atoms with E-state index in [1.54, 1.807) is 6.26 Å². The van der Waals surface area contributed by atoms with Gasteiger partial charge in [0.2, 0.25) is 0 Å². The minimum absolute atomic E-state index is 0.492. The lowest BCUT2D eigenvalue weighted by Crippen LogP contribution is -2.32. The summed E-state index contributed by atoms with van der Waals surface area (Å²) in [5, 5.41) is 4.95. The molecular weight excluding hydrogens is 350 g/mol. The second kappa shape index (κ2) is 5.93. The van der Waals surface area contributed by atoms with E-state index < -0.39 is 5.79 Å². The zero-order valence-electron chi connectivity index (χ0n) is 14.5. The number of hydrogen-bond acceptors (Lipinski definition) is 4. The summed E-state index contributed by atoms with van der Waals surface area (Å²) >= 11 is 6.29. The van der Waals surface area contributed by atoms with Crippen molar-refractivity contribution in [3.63, 3.8) is 0 Å². The molecule has 1 N–H and O–H groups in total. The van der Waals surface area contributed by atoms with Crippen LogP contribution in [0.25, 0.3) is 11.0 Å². The van der Waals surface area contributed by atoms with E-state index in [4.69, 9.17) is 25.5 Å². The molecule has 1 unspecified atom stereocenters. The molecule has 0 spiro atoms. The van der Waals surface area contributed by atoms with E-state index in [0.717, 1.165) is 48.4 Å². The number of para-hydroxylation sites is 1. The summed E-state index contributed by atoms with van der Waals surface area (Å²) in [7, 11) is 0. The fourth-order valence-corrected chi connectivity index (χ4v) is 4.31. The smallest absolute Gasteiger partial charge is 0.279 e. The van der Waals surface area contributed by atoms with Crippen molar-refractivity contribution >= 4 is 22.6 Å². The zero-order chi connectivity index (χ0) is 17.7. The maximum Gasteiger partial charge on any atom is 0.279 e. The minimum Gasteiger partial charge on any atom is -0.464 e. The summed E-state index contributed by atoms with van der Waals surface area (Å²) in [6.07, 6.45) is 3.87. The molecule has 0 amide bonds. The molecule has 0 saturated carbocycles. The molecule has 1 atom stereocenters. The van der Waals surface area contributed by atoms with Gasteiger partial charge < -0.3 is 19.2 Å². The van der Waals surface area contributed by atoms with E-state index in [9.17, 15) is 0 Å². The quantitative estimate of drug-likeness (QED) is 0.674. The van der Waals surface area contributed by atoms with Crippen molar-refractivity contribution in [2.75, 3.05) is 13.1 Å². The first-order chi connectivity index (χ1) is 12.7. The highest BCUT2D eigenvalue weighted by Crippen LogP contribution is 2.50. The third-order valence-corrected chi connectivity index (χ3v) is 5.77. The van der Waals surface area contributed by atoms with Crippen molar-refractivity contribution in [3.05, 3.63) is 58.8 Å². The van der Waals surface area contributed by atoms with Crippen molar-refractivity contribution in [2.24, 2.45) is 0 Å². The molecule has 4 nitrogen and oxygen atoms in total. The molecule has 1 aromatic heterocycles. The highest BCUT2D eigenvalue weighted by atomic mass is 35.5. The van der Waals surface area contributed by atoms with Crippen LogP contribution in [0, 0.1) is 0 Å². The molecule has 0 bridgehead atoms. The van der Waals surface area contributed by atoms with Crippen LogP contribution in [0.4, 0.5) is 0 Å². The van der Waals surface area contributed by atoms with Gasteiger partial charge in [0.15, 0.2) is 11.5 Å². The van der Waals surface area contributed by atoms with E-state index in [1.165, 1.54) is 5.56 Å². The molecule has 1 saturated heterocycles. The van der Waals surface area contributed by atoms with Crippen LogP contribution in [-0.2, 0) is 5.79 Å². The Morgan fingerprint density at radius 2 is 1.92 bits per heavy atom. The van der Waals surface area contributed by atoms with Gasteiger partial charge in [0.25, 0.3) is 5.79 Å². The van der Waals surface area contributed by atoms with Gasteiger partial charge in [-0.1, -0.05) is 23.7 Å². The van der Waals surface area contributed by atoms with E-state index in [-0.39, 0.29) is 0 Å². The molecule has 2 aliphatic heterocycles. The number of ether oxygens (including phenoxy) is 2. The SMILES string of the molecule is CC1(c2ccc(Cl)c3ccoc23)Oc2cccc(C3CCNCC3)c2O1. The topological polar surface area (TPSA) is 43.6 Å². The summed E-state index contributed by atoms with van der Waals surface area (Å²) in [5.74, 6) is 1.20. The van der Waals surface area contributed by atoms with Gasteiger partial charge in [-0.05, 0) is 56.1 Å². The second-order valence-electron chi connectivity index (χ2n) is 7.11. The van der Waals surface area contributed by atoms with Crippen LogP contribution in [0.3, 0.4) is 0 Å². The summed E-state index contributed by atoms with van der Waals surface area (Å²) in [5.41, 5.74) is 2.78. The lowest BCUT2D eigenvalue weighted by atomic mass is 9.89. The predicted octanol–water partition coefficient (Wildman–Crippen LogP) is 5.20. The number of benzene rings is 2. The molecule has 5 rings (SSSR count). The van der Waals surface area contributed by atoms with Crippen molar-refractivity contribution in [1.82, 2.24) is 5.32 Å². The fourth-order valence-electron chi connectivity index (χ4n) is 4.10. The molecule has 3 heterocycles. The van der Waals surface area contributed by atoms with Crippen molar-refractivity contribution in [2.45, 2.75) is 31.5 Å². The Morgan fingerprint density at radius 1 is 1.08 bits per heavy atom. The second-order valence-corrected chi connectivity index (χ2v) is 7.51. The molecule has 2 aromatic carbocycles. The highest BCUT2D eigenvalue weighted by Gasteiger charge is 2.42. The van der Waals surface area contributed by atoms with Gasteiger partial charge in [-0.25, -0.2) is 0 Å². The van der Waals surface area contributed by atoms with Gasteiger partial charge >= 0.3 is 0 Å². The van der Waals surface area contributed by atoms with Gasteiger partial charge in [0.05, 0.1) is 16.8 Å². The molecule has 0 aliphatic carbocycles. The lowest BCUT2D eigenvalue weighted by Gasteiger charge is -2.26. The van der Waals surface area contributed by atoms with Gasteiger partial charge in [-0.15, -0.1) is 0 Å². The Kier molecular flexibility index (Phi) is 3.66.